The summed E-state index contributed by atoms with van der Waals surface area (Å²) in [6.45, 7) is 0. The Hall–Kier alpha value is -1.44. The summed E-state index contributed by atoms with van der Waals surface area (Å²) in [7, 11) is 0. The molecule has 0 amide bonds. The highest BCUT2D eigenvalue weighted by Crippen LogP contribution is 2.22. The molecule has 1 heterocycles. The van der Waals surface area contributed by atoms with Crippen molar-refractivity contribution in [2.24, 2.45) is 0 Å². The van der Waals surface area contributed by atoms with Crippen molar-refractivity contribution in [1.82, 2.24) is 0 Å². The third kappa shape index (κ3) is 1.42. The lowest BCUT2D eigenvalue weighted by Crippen LogP contribution is -1.98. The number of allylic oxidation sites excluding steroid dienone is 4. The van der Waals surface area contributed by atoms with Crippen molar-refractivity contribution in [2.45, 2.75) is 12.8 Å². The Morgan fingerprint density at radius 2 is 2.42 bits per heavy atom. The van der Waals surface area contributed by atoms with E-state index in [2.05, 4.69) is 12.3 Å². The molecular weight excluding hydrogens is 152 g/mol. The predicted octanol–water partition coefficient (Wildman–Crippen LogP) is 2.43. The van der Waals surface area contributed by atoms with Gasteiger partial charge in [-0.05, 0) is 18.4 Å². The van der Waals surface area contributed by atoms with Gasteiger partial charge in [0, 0.05) is 0 Å². The Bertz CT molecular complexity index is 282. The highest BCUT2D eigenvalue weighted by atomic mass is 16.5. The van der Waals surface area contributed by atoms with Crippen LogP contribution in [-0.4, -0.2) is 0 Å². The zero-order valence-electron chi connectivity index (χ0n) is 6.62. The largest absolute Gasteiger partial charge is 0.465 e. The van der Waals surface area contributed by atoms with Crippen LogP contribution in [0.1, 0.15) is 12.8 Å². The van der Waals surface area contributed by atoms with E-state index in [1.165, 1.54) is 6.26 Å². The maximum Gasteiger partial charge on any atom is 0.208 e. The first kappa shape index (κ1) is 7.22. The summed E-state index contributed by atoms with van der Waals surface area (Å²) in [5.41, 5.74) is 1.16. The molecule has 0 aromatic rings. The van der Waals surface area contributed by atoms with E-state index in [0.717, 1.165) is 24.2 Å². The van der Waals surface area contributed by atoms with Crippen LogP contribution in [0.4, 0.5) is 0 Å². The summed E-state index contributed by atoms with van der Waals surface area (Å²) < 4.78 is 10.1. The standard InChI is InChI=1S/C10H9O2/c1-2-4-9(5-3-1)10-8-11-6-7-12-10/h1-2,4,6,8H,3,5H2. The second-order valence-corrected chi connectivity index (χ2v) is 2.61. The van der Waals surface area contributed by atoms with Gasteiger partial charge in [-0.1, -0.05) is 18.2 Å². The molecule has 2 nitrogen and oxygen atoms in total. The molecule has 0 bridgehead atoms. The van der Waals surface area contributed by atoms with Crippen molar-refractivity contribution in [3.05, 3.63) is 48.3 Å². The van der Waals surface area contributed by atoms with E-state index >= 15 is 0 Å². The first-order valence-corrected chi connectivity index (χ1v) is 3.92. The lowest BCUT2D eigenvalue weighted by atomic mass is 10.0. The van der Waals surface area contributed by atoms with Gasteiger partial charge >= 0.3 is 0 Å². The van der Waals surface area contributed by atoms with Gasteiger partial charge < -0.3 is 9.47 Å². The smallest absolute Gasteiger partial charge is 0.208 e. The summed E-state index contributed by atoms with van der Waals surface area (Å²) in [6.07, 6.45) is 13.8. The Kier molecular flexibility index (Phi) is 1.99. The Morgan fingerprint density at radius 3 is 3.08 bits per heavy atom. The second kappa shape index (κ2) is 3.30. The maximum atomic E-state index is 5.15. The van der Waals surface area contributed by atoms with Crippen molar-refractivity contribution in [2.75, 3.05) is 0 Å². The fourth-order valence-electron chi connectivity index (χ4n) is 1.18. The summed E-state index contributed by atoms with van der Waals surface area (Å²) >= 11 is 0. The molecule has 0 fully saturated rings. The lowest BCUT2D eigenvalue weighted by molar-refractivity contribution is 0.244. The Labute approximate surface area is 71.5 Å². The average molecular weight is 161 g/mol. The molecule has 0 unspecified atom stereocenters. The van der Waals surface area contributed by atoms with Gasteiger partial charge in [-0.15, -0.1) is 0 Å². The van der Waals surface area contributed by atoms with E-state index in [4.69, 9.17) is 9.47 Å². The van der Waals surface area contributed by atoms with Gasteiger partial charge in [0.05, 0.1) is 0 Å². The molecule has 61 valence electrons. The summed E-state index contributed by atoms with van der Waals surface area (Å²) in [4.78, 5) is 0. The SMILES string of the molecule is [C]1=COC=C(C2=CC=CCC2)O1. The summed E-state index contributed by atoms with van der Waals surface area (Å²) in [6, 6.07) is 0. The number of rotatable bonds is 1. The predicted molar refractivity (Wildman–Crippen MR) is 44.5 cm³/mol. The van der Waals surface area contributed by atoms with Gasteiger partial charge in [-0.2, -0.15) is 0 Å². The highest BCUT2D eigenvalue weighted by molar-refractivity contribution is 5.32. The molecular formula is C10H9O2. The zero-order valence-corrected chi connectivity index (χ0v) is 6.62. The van der Waals surface area contributed by atoms with Crippen LogP contribution >= 0.6 is 0 Å². The highest BCUT2D eigenvalue weighted by Gasteiger charge is 2.09. The molecule has 0 atom stereocenters. The third-order valence-corrected chi connectivity index (χ3v) is 1.79. The van der Waals surface area contributed by atoms with E-state index in [0.29, 0.717) is 0 Å². The summed E-state index contributed by atoms with van der Waals surface area (Å²) in [5, 5.41) is 0. The molecule has 0 aromatic heterocycles. The molecule has 0 aromatic carbocycles. The minimum atomic E-state index is 0.766. The van der Waals surface area contributed by atoms with Crippen LogP contribution in [0.25, 0.3) is 0 Å². The lowest BCUT2D eigenvalue weighted by Gasteiger charge is -2.13. The molecule has 1 aliphatic heterocycles. The van der Waals surface area contributed by atoms with E-state index in [9.17, 15) is 0 Å². The van der Waals surface area contributed by atoms with E-state index < -0.39 is 0 Å². The van der Waals surface area contributed by atoms with E-state index in [1.807, 2.05) is 12.2 Å². The molecule has 0 spiro atoms. The molecule has 2 aliphatic rings. The number of hydrogen-bond donors (Lipinski definition) is 0. The van der Waals surface area contributed by atoms with Crippen LogP contribution in [0.3, 0.4) is 0 Å². The van der Waals surface area contributed by atoms with Crippen LogP contribution in [0.2, 0.25) is 0 Å². The van der Waals surface area contributed by atoms with Crippen LogP contribution in [0.5, 0.6) is 0 Å². The fourth-order valence-corrected chi connectivity index (χ4v) is 1.18. The molecule has 12 heavy (non-hydrogen) atoms. The van der Waals surface area contributed by atoms with E-state index in [1.54, 1.807) is 6.26 Å². The van der Waals surface area contributed by atoms with Crippen LogP contribution < -0.4 is 0 Å². The number of hydrogen-bond acceptors (Lipinski definition) is 2. The van der Waals surface area contributed by atoms with Gasteiger partial charge in [-0.25, -0.2) is 0 Å². The normalized spacial score (nSPS) is 20.7. The molecule has 1 radical (unpaired) electrons. The van der Waals surface area contributed by atoms with Crippen molar-refractivity contribution in [3.63, 3.8) is 0 Å². The van der Waals surface area contributed by atoms with Gasteiger partial charge in [0.25, 0.3) is 0 Å². The van der Waals surface area contributed by atoms with Gasteiger partial charge in [0.15, 0.2) is 5.76 Å². The van der Waals surface area contributed by atoms with Crippen LogP contribution in [0.15, 0.2) is 42.1 Å². The molecule has 0 saturated heterocycles. The fraction of sp³-hybridized carbons (Fsp3) is 0.200. The molecule has 0 N–H and O–H groups in total. The van der Waals surface area contributed by atoms with Crippen LogP contribution in [0, 0.1) is 6.26 Å². The van der Waals surface area contributed by atoms with Crippen molar-refractivity contribution in [3.8, 4) is 0 Å². The molecule has 0 saturated carbocycles. The second-order valence-electron chi connectivity index (χ2n) is 2.61. The van der Waals surface area contributed by atoms with E-state index in [-0.39, 0.29) is 0 Å². The first-order valence-electron chi connectivity index (χ1n) is 3.92. The average Bonchev–Trinajstić information content (AvgIpc) is 2.21. The zero-order chi connectivity index (χ0) is 8.23. The maximum absolute atomic E-state index is 5.15. The topological polar surface area (TPSA) is 18.5 Å². The van der Waals surface area contributed by atoms with Gasteiger partial charge in [-0.3, -0.25) is 0 Å². The van der Waals surface area contributed by atoms with Crippen molar-refractivity contribution < 1.29 is 9.47 Å². The van der Waals surface area contributed by atoms with Crippen LogP contribution in [-0.2, 0) is 9.47 Å². The third-order valence-electron chi connectivity index (χ3n) is 1.79. The molecule has 2 heteroatoms. The number of ether oxygens (including phenoxy) is 2. The van der Waals surface area contributed by atoms with Gasteiger partial charge in [0.2, 0.25) is 6.26 Å². The monoisotopic (exact) mass is 161 g/mol. The quantitative estimate of drug-likeness (QED) is 0.588. The molecule has 1 aliphatic carbocycles. The Morgan fingerprint density at radius 1 is 1.42 bits per heavy atom. The molecule has 2 rings (SSSR count). The Balaban J connectivity index is 2.13. The van der Waals surface area contributed by atoms with Crippen molar-refractivity contribution >= 4 is 0 Å². The first-order chi connectivity index (χ1) is 5.97. The van der Waals surface area contributed by atoms with Crippen molar-refractivity contribution in [1.29, 1.82) is 0 Å². The minimum Gasteiger partial charge on any atom is -0.465 e. The van der Waals surface area contributed by atoms with Gasteiger partial charge in [0.1, 0.15) is 12.5 Å². The minimum absolute atomic E-state index is 0.766. The summed E-state index contributed by atoms with van der Waals surface area (Å²) in [5.74, 6) is 0.766.